The first-order valence-electron chi connectivity index (χ1n) is 6.21. The predicted molar refractivity (Wildman–Crippen MR) is 72.2 cm³/mol. The number of esters is 1. The molecule has 5 heteroatoms. The fourth-order valence-electron chi connectivity index (χ4n) is 1.82. The van der Waals surface area contributed by atoms with Crippen molar-refractivity contribution >= 4 is 11.8 Å². The van der Waals surface area contributed by atoms with E-state index >= 15 is 0 Å². The number of allylic oxidation sites excluding steroid dienone is 1. The number of Topliss-reactive ketones (excluding diaryl/α,β-unsaturated/α-hetero) is 1. The van der Waals surface area contributed by atoms with E-state index in [1.165, 1.54) is 31.4 Å². The zero-order valence-electron chi connectivity index (χ0n) is 11.5. The van der Waals surface area contributed by atoms with Crippen LogP contribution in [0.4, 0.5) is 4.39 Å². The maximum Gasteiger partial charge on any atom is 0.317 e. The summed E-state index contributed by atoms with van der Waals surface area (Å²) in [5, 5.41) is 0. The molecule has 1 unspecified atom stereocenters. The highest BCUT2D eigenvalue weighted by Gasteiger charge is 2.30. The van der Waals surface area contributed by atoms with Crippen molar-refractivity contribution < 1.29 is 23.5 Å². The number of para-hydroxylation sites is 1. The summed E-state index contributed by atoms with van der Waals surface area (Å²) in [6, 6.07) is 3.99. The average Bonchev–Trinajstić information content (AvgIpc) is 2.44. The van der Waals surface area contributed by atoms with Crippen LogP contribution in [-0.4, -0.2) is 25.5 Å². The first kappa shape index (κ1) is 15.9. The Morgan fingerprint density at radius 2 is 2.15 bits per heavy atom. The minimum atomic E-state index is -1.04. The topological polar surface area (TPSA) is 52.6 Å². The van der Waals surface area contributed by atoms with E-state index in [9.17, 15) is 14.0 Å². The molecule has 0 spiro atoms. The Morgan fingerprint density at radius 3 is 2.70 bits per heavy atom. The van der Waals surface area contributed by atoms with Crippen LogP contribution in [0.5, 0.6) is 5.75 Å². The average molecular weight is 280 g/mol. The number of hydrogen-bond acceptors (Lipinski definition) is 4. The van der Waals surface area contributed by atoms with Crippen LogP contribution < -0.4 is 4.74 Å². The fraction of sp³-hybridized carbons (Fsp3) is 0.333. The molecule has 0 aromatic heterocycles. The number of benzene rings is 1. The van der Waals surface area contributed by atoms with E-state index in [-0.39, 0.29) is 24.3 Å². The number of hydrogen-bond donors (Lipinski definition) is 0. The predicted octanol–water partition coefficient (Wildman–Crippen LogP) is 2.77. The van der Waals surface area contributed by atoms with Crippen molar-refractivity contribution in [3.63, 3.8) is 0 Å². The molecule has 108 valence electrons. The summed E-state index contributed by atoms with van der Waals surface area (Å²) in [4.78, 5) is 24.2. The molecule has 0 heterocycles. The molecule has 0 aliphatic heterocycles. The van der Waals surface area contributed by atoms with Gasteiger partial charge in [-0.2, -0.15) is 0 Å². The highest BCUT2D eigenvalue weighted by molar-refractivity contribution is 6.10. The van der Waals surface area contributed by atoms with Gasteiger partial charge in [0, 0.05) is 0 Å². The molecule has 0 bridgehead atoms. The monoisotopic (exact) mass is 280 g/mol. The molecular formula is C15H17FO4. The van der Waals surface area contributed by atoms with Crippen LogP contribution >= 0.6 is 0 Å². The maximum atomic E-state index is 13.6. The van der Waals surface area contributed by atoms with E-state index in [1.54, 1.807) is 6.92 Å². The van der Waals surface area contributed by atoms with Gasteiger partial charge < -0.3 is 9.47 Å². The Hall–Kier alpha value is -2.17. The van der Waals surface area contributed by atoms with Crippen molar-refractivity contribution in [3.8, 4) is 5.75 Å². The molecule has 20 heavy (non-hydrogen) atoms. The Kier molecular flexibility index (Phi) is 5.90. The zero-order chi connectivity index (χ0) is 15.1. The lowest BCUT2D eigenvalue weighted by molar-refractivity contribution is -0.146. The number of ether oxygens (including phenoxy) is 2. The Labute approximate surface area is 117 Å². The molecule has 4 nitrogen and oxygen atoms in total. The van der Waals surface area contributed by atoms with Gasteiger partial charge in [0.25, 0.3) is 0 Å². The fourth-order valence-corrected chi connectivity index (χ4v) is 1.82. The first-order chi connectivity index (χ1) is 9.56. The Balaban J connectivity index is 3.15. The molecule has 1 rings (SSSR count). The van der Waals surface area contributed by atoms with E-state index < -0.39 is 23.5 Å². The third-order valence-electron chi connectivity index (χ3n) is 2.73. The lowest BCUT2D eigenvalue weighted by atomic mass is 9.94. The van der Waals surface area contributed by atoms with Crippen LogP contribution in [-0.2, 0) is 9.53 Å². The van der Waals surface area contributed by atoms with Gasteiger partial charge in [0.2, 0.25) is 0 Å². The van der Waals surface area contributed by atoms with Gasteiger partial charge in [0.1, 0.15) is 5.92 Å². The summed E-state index contributed by atoms with van der Waals surface area (Å²) in [6.45, 7) is 5.33. The number of carbonyl (C=O) groups excluding carboxylic acids is 2. The second-order valence-corrected chi connectivity index (χ2v) is 4.01. The lowest BCUT2D eigenvalue weighted by Crippen LogP contribution is -2.26. The SMILES string of the molecule is C=CCC(C(=O)OCC)C(=O)c1cccc(F)c1OC. The van der Waals surface area contributed by atoms with Crippen molar-refractivity contribution in [2.24, 2.45) is 5.92 Å². The van der Waals surface area contributed by atoms with Crippen LogP contribution in [0.3, 0.4) is 0 Å². The van der Waals surface area contributed by atoms with E-state index in [0.29, 0.717) is 0 Å². The minimum absolute atomic E-state index is 0.0207. The largest absolute Gasteiger partial charge is 0.493 e. The molecule has 0 aliphatic rings. The van der Waals surface area contributed by atoms with Gasteiger partial charge in [-0.1, -0.05) is 12.1 Å². The Bertz CT molecular complexity index is 511. The van der Waals surface area contributed by atoms with Gasteiger partial charge >= 0.3 is 5.97 Å². The van der Waals surface area contributed by atoms with Gasteiger partial charge in [0.15, 0.2) is 17.3 Å². The van der Waals surface area contributed by atoms with E-state index in [4.69, 9.17) is 9.47 Å². The molecule has 0 amide bonds. The molecule has 1 aromatic carbocycles. The summed E-state index contributed by atoms with van der Waals surface area (Å²) in [6.07, 6.45) is 1.57. The van der Waals surface area contributed by atoms with E-state index in [2.05, 4.69) is 6.58 Å². The second-order valence-electron chi connectivity index (χ2n) is 4.01. The molecule has 0 saturated heterocycles. The van der Waals surface area contributed by atoms with Crippen LogP contribution in [0, 0.1) is 11.7 Å². The molecule has 0 radical (unpaired) electrons. The molecular weight excluding hydrogens is 263 g/mol. The normalized spacial score (nSPS) is 11.6. The van der Waals surface area contributed by atoms with Crippen LogP contribution in [0.1, 0.15) is 23.7 Å². The molecule has 1 aromatic rings. The highest BCUT2D eigenvalue weighted by atomic mass is 19.1. The van der Waals surface area contributed by atoms with Crippen LogP contribution in [0.25, 0.3) is 0 Å². The summed E-state index contributed by atoms with van der Waals surface area (Å²) < 4.78 is 23.3. The summed E-state index contributed by atoms with van der Waals surface area (Å²) in [5.74, 6) is -3.05. The quantitative estimate of drug-likeness (QED) is 0.333. The Morgan fingerprint density at radius 1 is 1.45 bits per heavy atom. The summed E-state index contributed by atoms with van der Waals surface area (Å²) >= 11 is 0. The van der Waals surface area contributed by atoms with E-state index in [1.807, 2.05) is 0 Å². The van der Waals surface area contributed by atoms with Gasteiger partial charge in [-0.25, -0.2) is 4.39 Å². The third kappa shape index (κ3) is 3.44. The lowest BCUT2D eigenvalue weighted by Gasteiger charge is -2.15. The summed E-state index contributed by atoms with van der Waals surface area (Å²) in [7, 11) is 1.27. The highest BCUT2D eigenvalue weighted by Crippen LogP contribution is 2.26. The smallest absolute Gasteiger partial charge is 0.317 e. The molecule has 0 aliphatic carbocycles. The van der Waals surface area contributed by atoms with Gasteiger partial charge in [-0.15, -0.1) is 6.58 Å². The third-order valence-corrected chi connectivity index (χ3v) is 2.73. The number of carbonyl (C=O) groups is 2. The zero-order valence-corrected chi connectivity index (χ0v) is 11.5. The van der Waals surface area contributed by atoms with Crippen LogP contribution in [0.2, 0.25) is 0 Å². The van der Waals surface area contributed by atoms with Crippen molar-refractivity contribution in [2.75, 3.05) is 13.7 Å². The van der Waals surface area contributed by atoms with Gasteiger partial charge in [0.05, 0.1) is 19.3 Å². The minimum Gasteiger partial charge on any atom is -0.493 e. The second kappa shape index (κ2) is 7.43. The number of rotatable bonds is 7. The van der Waals surface area contributed by atoms with Crippen molar-refractivity contribution in [3.05, 3.63) is 42.2 Å². The molecule has 0 N–H and O–H groups in total. The number of ketones is 1. The van der Waals surface area contributed by atoms with Crippen molar-refractivity contribution in [2.45, 2.75) is 13.3 Å². The summed E-state index contributed by atoms with van der Waals surface area (Å²) in [5.41, 5.74) is 0.0207. The van der Waals surface area contributed by atoms with Crippen molar-refractivity contribution in [1.29, 1.82) is 0 Å². The molecule has 0 saturated carbocycles. The molecule has 1 atom stereocenters. The van der Waals surface area contributed by atoms with Crippen LogP contribution in [0.15, 0.2) is 30.9 Å². The standard InChI is InChI=1S/C15H17FO4/c1-4-7-11(15(18)20-5-2)13(17)10-8-6-9-12(16)14(10)19-3/h4,6,8-9,11H,1,5,7H2,2-3H3. The molecule has 0 fully saturated rings. The van der Waals surface area contributed by atoms with Crippen molar-refractivity contribution in [1.82, 2.24) is 0 Å². The number of methoxy groups -OCH3 is 1. The van der Waals surface area contributed by atoms with Gasteiger partial charge in [-0.3, -0.25) is 9.59 Å². The first-order valence-corrected chi connectivity index (χ1v) is 6.21. The number of halogens is 1. The maximum absolute atomic E-state index is 13.6. The van der Waals surface area contributed by atoms with E-state index in [0.717, 1.165) is 0 Å². The van der Waals surface area contributed by atoms with Gasteiger partial charge in [-0.05, 0) is 25.5 Å².